The highest BCUT2D eigenvalue weighted by molar-refractivity contribution is 7.89. The molecule has 1 atom stereocenters. The zero-order valence-electron chi connectivity index (χ0n) is 20.1. The Balaban J connectivity index is 1.35. The number of hydrogen-bond acceptors (Lipinski definition) is 5. The van der Waals surface area contributed by atoms with Crippen LogP contribution in [-0.2, 0) is 22.4 Å². The molecule has 1 aliphatic heterocycles. The van der Waals surface area contributed by atoms with E-state index in [-0.39, 0.29) is 42.5 Å². The first-order valence-corrected chi connectivity index (χ1v) is 13.6. The molecule has 2 aliphatic rings. The van der Waals surface area contributed by atoms with Crippen LogP contribution in [0.3, 0.4) is 0 Å². The molecule has 38 heavy (non-hydrogen) atoms. The highest BCUT2D eigenvalue weighted by Crippen LogP contribution is 2.37. The average molecular weight is 565 g/mol. The second-order valence-electron chi connectivity index (χ2n) is 9.48. The Bertz CT molecular complexity index is 1230. The lowest BCUT2D eigenvalue weighted by Gasteiger charge is -2.25. The van der Waals surface area contributed by atoms with Gasteiger partial charge in [-0.05, 0) is 81.0 Å². The Labute approximate surface area is 216 Å². The van der Waals surface area contributed by atoms with Gasteiger partial charge in [-0.25, -0.2) is 13.4 Å². The molecule has 1 saturated carbocycles. The standard InChI is InChI=1S/C25H26F6N2O4S/c26-24(27,28)18-13-19(25(29,30)31)15-22(14-18)38(35,36)32-33-11-1-3-20(33)4-2-12-37-21-9-7-17(8-10-21)23(34)16-5-6-16/h7-10,13-16,20,32H,1-6,11-12H2/t20-/m1/s1. The largest absolute Gasteiger partial charge is 0.494 e. The third-order valence-corrected chi connectivity index (χ3v) is 7.85. The Morgan fingerprint density at radius 3 is 2.11 bits per heavy atom. The number of hydrogen-bond donors (Lipinski definition) is 1. The predicted molar refractivity (Wildman–Crippen MR) is 125 cm³/mol. The van der Waals surface area contributed by atoms with E-state index < -0.39 is 38.4 Å². The number of alkyl halides is 6. The van der Waals surface area contributed by atoms with E-state index in [4.69, 9.17) is 4.74 Å². The minimum absolute atomic E-state index is 0.115. The van der Waals surface area contributed by atoms with Crippen molar-refractivity contribution in [2.24, 2.45) is 5.92 Å². The van der Waals surface area contributed by atoms with Crippen LogP contribution < -0.4 is 9.57 Å². The molecule has 0 spiro atoms. The number of sulfonamides is 1. The molecule has 0 aromatic heterocycles. The zero-order valence-corrected chi connectivity index (χ0v) is 20.9. The maximum absolute atomic E-state index is 13.2. The second-order valence-corrected chi connectivity index (χ2v) is 11.1. The quantitative estimate of drug-likeness (QED) is 0.223. The number of halogens is 6. The van der Waals surface area contributed by atoms with Gasteiger partial charge in [0.1, 0.15) is 5.75 Å². The molecule has 0 radical (unpaired) electrons. The maximum Gasteiger partial charge on any atom is 0.416 e. The van der Waals surface area contributed by atoms with Crippen LogP contribution in [0.1, 0.15) is 60.0 Å². The van der Waals surface area contributed by atoms with E-state index in [9.17, 15) is 39.6 Å². The van der Waals surface area contributed by atoms with Crippen LogP contribution in [0, 0.1) is 5.92 Å². The van der Waals surface area contributed by atoms with Gasteiger partial charge >= 0.3 is 12.4 Å². The van der Waals surface area contributed by atoms with Crippen molar-refractivity contribution in [3.8, 4) is 5.75 Å². The van der Waals surface area contributed by atoms with E-state index in [0.717, 1.165) is 12.8 Å². The van der Waals surface area contributed by atoms with E-state index >= 15 is 0 Å². The molecule has 13 heteroatoms. The van der Waals surface area contributed by atoms with Gasteiger partial charge in [0.25, 0.3) is 10.0 Å². The normalized spacial score (nSPS) is 19.1. The van der Waals surface area contributed by atoms with Crippen molar-refractivity contribution in [3.63, 3.8) is 0 Å². The monoisotopic (exact) mass is 564 g/mol. The van der Waals surface area contributed by atoms with Crippen molar-refractivity contribution in [2.45, 2.75) is 61.8 Å². The van der Waals surface area contributed by atoms with Gasteiger partial charge in [-0.3, -0.25) is 4.79 Å². The van der Waals surface area contributed by atoms with Gasteiger partial charge in [0.05, 0.1) is 22.6 Å². The molecule has 1 aliphatic carbocycles. The Hall–Kier alpha value is -2.64. The number of carbonyl (C=O) groups excluding carboxylic acids is 1. The summed E-state index contributed by atoms with van der Waals surface area (Å²) in [5.41, 5.74) is -2.77. The first-order valence-electron chi connectivity index (χ1n) is 12.1. The summed E-state index contributed by atoms with van der Waals surface area (Å²) in [6.45, 7) is 0.557. The third kappa shape index (κ3) is 7.06. The van der Waals surface area contributed by atoms with Crippen molar-refractivity contribution >= 4 is 15.8 Å². The first kappa shape index (κ1) is 28.4. The number of benzene rings is 2. The summed E-state index contributed by atoms with van der Waals surface area (Å²) in [5.74, 6) is 0.820. The van der Waals surface area contributed by atoms with E-state index in [1.54, 1.807) is 24.3 Å². The Morgan fingerprint density at radius 1 is 0.947 bits per heavy atom. The number of Topliss-reactive ketones (excluding diaryl/α,β-unsaturated/α-hetero) is 1. The van der Waals surface area contributed by atoms with Crippen molar-refractivity contribution < 1.29 is 44.3 Å². The van der Waals surface area contributed by atoms with Gasteiger partial charge in [-0.1, -0.05) is 0 Å². The molecule has 2 fully saturated rings. The van der Waals surface area contributed by atoms with Gasteiger partial charge in [0, 0.05) is 24.1 Å². The van der Waals surface area contributed by atoms with Gasteiger partial charge in [-0.15, -0.1) is 4.83 Å². The highest BCUT2D eigenvalue weighted by Gasteiger charge is 2.39. The third-order valence-electron chi connectivity index (χ3n) is 6.52. The molecule has 1 saturated heterocycles. The van der Waals surface area contributed by atoms with Crippen LogP contribution in [0.4, 0.5) is 26.3 Å². The first-order chi connectivity index (χ1) is 17.7. The fourth-order valence-electron chi connectivity index (χ4n) is 4.35. The van der Waals surface area contributed by atoms with Gasteiger partial charge in [-0.2, -0.15) is 26.3 Å². The van der Waals surface area contributed by atoms with Gasteiger partial charge < -0.3 is 4.74 Å². The number of nitrogens with one attached hydrogen (secondary N) is 1. The van der Waals surface area contributed by atoms with Crippen LogP contribution in [-0.4, -0.2) is 38.4 Å². The summed E-state index contributed by atoms with van der Waals surface area (Å²) in [6.07, 6.45) is -6.29. The lowest BCUT2D eigenvalue weighted by atomic mass is 10.1. The van der Waals surface area contributed by atoms with Crippen LogP contribution in [0.2, 0.25) is 0 Å². The minimum Gasteiger partial charge on any atom is -0.494 e. The summed E-state index contributed by atoms with van der Waals surface area (Å²) in [4.78, 5) is 13.1. The molecule has 0 unspecified atom stereocenters. The topological polar surface area (TPSA) is 75.7 Å². The van der Waals surface area contributed by atoms with Crippen molar-refractivity contribution in [2.75, 3.05) is 13.2 Å². The number of hydrazine groups is 1. The Kier molecular flexibility index (Phi) is 8.10. The van der Waals surface area contributed by atoms with E-state index in [1.807, 2.05) is 0 Å². The molecule has 2 aromatic rings. The van der Waals surface area contributed by atoms with Crippen LogP contribution in [0.15, 0.2) is 47.4 Å². The fraction of sp³-hybridized carbons (Fsp3) is 0.480. The van der Waals surface area contributed by atoms with Crippen molar-refractivity contribution in [1.29, 1.82) is 0 Å². The summed E-state index contributed by atoms with van der Waals surface area (Å²) in [6, 6.07) is 6.80. The molecular weight excluding hydrogens is 538 g/mol. The smallest absolute Gasteiger partial charge is 0.416 e. The average Bonchev–Trinajstić information content (AvgIpc) is 3.61. The number of nitrogens with zero attached hydrogens (tertiary/aromatic N) is 1. The molecule has 2 aromatic carbocycles. The van der Waals surface area contributed by atoms with Gasteiger partial charge in [0.15, 0.2) is 5.78 Å². The summed E-state index contributed by atoms with van der Waals surface area (Å²) < 4.78 is 110. The van der Waals surface area contributed by atoms with Crippen LogP contribution >= 0.6 is 0 Å². The van der Waals surface area contributed by atoms with Crippen molar-refractivity contribution in [3.05, 3.63) is 59.2 Å². The molecule has 4 rings (SSSR count). The predicted octanol–water partition coefficient (Wildman–Crippen LogP) is 5.83. The van der Waals surface area contributed by atoms with Crippen molar-refractivity contribution in [1.82, 2.24) is 9.84 Å². The molecule has 0 bridgehead atoms. The van der Waals surface area contributed by atoms with Gasteiger partial charge in [0.2, 0.25) is 0 Å². The molecule has 1 N–H and O–H groups in total. The van der Waals surface area contributed by atoms with Crippen LogP contribution in [0.25, 0.3) is 0 Å². The molecule has 0 amide bonds. The number of ketones is 1. The number of rotatable bonds is 10. The SMILES string of the molecule is O=C(c1ccc(OCCC[C@H]2CCCN2NS(=O)(=O)c2cc(C(F)(F)F)cc(C(F)(F)F)c2)cc1)C1CC1. The maximum atomic E-state index is 13.2. The molecular formula is C25H26F6N2O4S. The molecule has 208 valence electrons. The lowest BCUT2D eigenvalue weighted by Crippen LogP contribution is -2.45. The molecule has 1 heterocycles. The summed E-state index contributed by atoms with van der Waals surface area (Å²) >= 11 is 0. The van der Waals surface area contributed by atoms with Crippen LogP contribution in [0.5, 0.6) is 5.75 Å². The highest BCUT2D eigenvalue weighted by atomic mass is 32.2. The zero-order chi connectivity index (χ0) is 27.7. The molecule has 6 nitrogen and oxygen atoms in total. The minimum atomic E-state index is -5.16. The summed E-state index contributed by atoms with van der Waals surface area (Å²) in [5, 5.41) is 1.33. The number of carbonyl (C=O) groups is 1. The Morgan fingerprint density at radius 2 is 1.55 bits per heavy atom. The number of ether oxygens (including phenoxy) is 1. The summed E-state index contributed by atoms with van der Waals surface area (Å²) in [7, 11) is -4.71. The van der Waals surface area contributed by atoms with E-state index in [1.165, 1.54) is 5.01 Å². The van der Waals surface area contributed by atoms with E-state index in [0.29, 0.717) is 43.6 Å². The second kappa shape index (κ2) is 10.9. The lowest BCUT2D eigenvalue weighted by molar-refractivity contribution is -0.143. The van der Waals surface area contributed by atoms with E-state index in [2.05, 4.69) is 4.83 Å². The fourth-order valence-corrected chi connectivity index (χ4v) is 5.57.